The molecule has 0 heterocycles. The van der Waals surface area contributed by atoms with Gasteiger partial charge in [0.05, 0.1) is 0 Å². The zero-order valence-electron chi connectivity index (χ0n) is 14.5. The van der Waals surface area contributed by atoms with E-state index in [1.165, 1.54) is 31.1 Å². The van der Waals surface area contributed by atoms with Crippen molar-refractivity contribution in [1.82, 2.24) is 5.32 Å². The molecule has 0 bridgehead atoms. The Kier molecular flexibility index (Phi) is 5.73. The maximum absolute atomic E-state index is 12.6. The summed E-state index contributed by atoms with van der Waals surface area (Å²) in [5, 5.41) is 5.52. The number of rotatable bonds is 5. The molecule has 0 radical (unpaired) electrons. The molecular weight excluding hydrogens is 298 g/mol. The Hall–Kier alpha value is -2.03. The molecule has 3 heteroatoms. The summed E-state index contributed by atoms with van der Waals surface area (Å²) in [6.45, 7) is 2.00. The lowest BCUT2D eigenvalue weighted by Gasteiger charge is -2.22. The van der Waals surface area contributed by atoms with Crippen LogP contribution in [-0.4, -0.2) is 18.1 Å². The number of ether oxygens (including phenoxy) is 1. The van der Waals surface area contributed by atoms with Crippen molar-refractivity contribution in [2.24, 2.45) is 0 Å². The highest BCUT2D eigenvalue weighted by molar-refractivity contribution is 5.84. The van der Waals surface area contributed by atoms with Gasteiger partial charge in [0.15, 0.2) is 6.10 Å². The maximum Gasteiger partial charge on any atom is 0.261 e. The van der Waals surface area contributed by atoms with Crippen LogP contribution in [0.1, 0.15) is 51.9 Å². The van der Waals surface area contributed by atoms with Crippen molar-refractivity contribution in [3.8, 4) is 5.75 Å². The highest BCUT2D eigenvalue weighted by Crippen LogP contribution is 2.22. The van der Waals surface area contributed by atoms with Crippen LogP contribution in [0.5, 0.6) is 5.75 Å². The molecular formula is C21H27NO2. The quantitative estimate of drug-likeness (QED) is 0.799. The topological polar surface area (TPSA) is 38.3 Å². The Morgan fingerprint density at radius 2 is 1.79 bits per heavy atom. The van der Waals surface area contributed by atoms with Gasteiger partial charge in [0, 0.05) is 6.04 Å². The number of fused-ring (bicyclic) bond motifs is 1. The Morgan fingerprint density at radius 1 is 1.08 bits per heavy atom. The summed E-state index contributed by atoms with van der Waals surface area (Å²) < 4.78 is 5.99. The van der Waals surface area contributed by atoms with Gasteiger partial charge in [-0.25, -0.2) is 0 Å². The molecule has 3 nitrogen and oxygen atoms in total. The zero-order valence-corrected chi connectivity index (χ0v) is 14.5. The Bertz CT molecular complexity index is 674. The van der Waals surface area contributed by atoms with Gasteiger partial charge in [0.25, 0.3) is 5.91 Å². The van der Waals surface area contributed by atoms with Gasteiger partial charge in [0.1, 0.15) is 5.75 Å². The van der Waals surface area contributed by atoms with Crippen molar-refractivity contribution in [3.05, 3.63) is 42.5 Å². The van der Waals surface area contributed by atoms with Crippen LogP contribution in [0.25, 0.3) is 10.8 Å². The molecule has 128 valence electrons. The fraction of sp³-hybridized carbons (Fsp3) is 0.476. The van der Waals surface area contributed by atoms with Crippen molar-refractivity contribution in [2.45, 2.75) is 64.0 Å². The van der Waals surface area contributed by atoms with Gasteiger partial charge in [-0.05, 0) is 42.2 Å². The van der Waals surface area contributed by atoms with Gasteiger partial charge >= 0.3 is 0 Å². The van der Waals surface area contributed by atoms with Crippen LogP contribution in [0.4, 0.5) is 0 Å². The third-order valence-corrected chi connectivity index (χ3v) is 4.86. The molecule has 0 spiro atoms. The second-order valence-corrected chi connectivity index (χ2v) is 6.72. The van der Waals surface area contributed by atoms with Crippen LogP contribution in [0.2, 0.25) is 0 Å². The van der Waals surface area contributed by atoms with Crippen LogP contribution in [0, 0.1) is 0 Å². The fourth-order valence-electron chi connectivity index (χ4n) is 3.45. The summed E-state index contributed by atoms with van der Waals surface area (Å²) >= 11 is 0. The molecule has 0 saturated heterocycles. The van der Waals surface area contributed by atoms with Crippen molar-refractivity contribution < 1.29 is 9.53 Å². The predicted octanol–water partition coefficient (Wildman–Crippen LogP) is 4.84. The van der Waals surface area contributed by atoms with Crippen molar-refractivity contribution in [2.75, 3.05) is 0 Å². The minimum Gasteiger partial charge on any atom is -0.481 e. The van der Waals surface area contributed by atoms with Gasteiger partial charge in [-0.15, -0.1) is 0 Å². The SMILES string of the molecule is CC[C@H](Oc1ccc2ccccc2c1)C(=O)NC1CCCCCC1. The molecule has 3 rings (SSSR count). The standard InChI is InChI=1S/C21H27NO2/c1-2-20(21(23)22-18-11-5-3-4-6-12-18)24-19-14-13-16-9-7-8-10-17(16)15-19/h7-10,13-15,18,20H,2-6,11-12H2,1H3,(H,22,23)/t20-/m0/s1. The molecule has 2 aromatic carbocycles. The first-order valence-electron chi connectivity index (χ1n) is 9.22. The third-order valence-electron chi connectivity index (χ3n) is 4.86. The molecule has 24 heavy (non-hydrogen) atoms. The Labute approximate surface area is 144 Å². The molecule has 2 aromatic rings. The van der Waals surface area contributed by atoms with Crippen LogP contribution in [0.15, 0.2) is 42.5 Å². The monoisotopic (exact) mass is 325 g/mol. The molecule has 0 unspecified atom stereocenters. The van der Waals surface area contributed by atoms with Gasteiger partial charge in [-0.2, -0.15) is 0 Å². The first-order chi connectivity index (χ1) is 11.8. The van der Waals surface area contributed by atoms with Gasteiger partial charge < -0.3 is 10.1 Å². The van der Waals surface area contributed by atoms with E-state index >= 15 is 0 Å². The smallest absolute Gasteiger partial charge is 0.261 e. The lowest BCUT2D eigenvalue weighted by Crippen LogP contribution is -2.43. The third kappa shape index (κ3) is 4.28. The highest BCUT2D eigenvalue weighted by Gasteiger charge is 2.22. The molecule has 1 fully saturated rings. The minimum atomic E-state index is -0.422. The molecule has 1 N–H and O–H groups in total. The van der Waals surface area contributed by atoms with Crippen molar-refractivity contribution >= 4 is 16.7 Å². The molecule has 1 amide bonds. The molecule has 1 aliphatic carbocycles. The van der Waals surface area contributed by atoms with Crippen LogP contribution < -0.4 is 10.1 Å². The number of carbonyl (C=O) groups excluding carboxylic acids is 1. The van der Waals surface area contributed by atoms with Crippen LogP contribution >= 0.6 is 0 Å². The summed E-state index contributed by atoms with van der Waals surface area (Å²) in [6, 6.07) is 14.5. The summed E-state index contributed by atoms with van der Waals surface area (Å²) in [4.78, 5) is 12.6. The lowest BCUT2D eigenvalue weighted by molar-refractivity contribution is -0.128. The highest BCUT2D eigenvalue weighted by atomic mass is 16.5. The summed E-state index contributed by atoms with van der Waals surface area (Å²) in [5.74, 6) is 0.786. The van der Waals surface area contributed by atoms with E-state index in [9.17, 15) is 4.79 Å². The van der Waals surface area contributed by atoms with Gasteiger partial charge in [-0.3, -0.25) is 4.79 Å². The van der Waals surface area contributed by atoms with Gasteiger partial charge in [0.2, 0.25) is 0 Å². The molecule has 1 atom stereocenters. The average molecular weight is 325 g/mol. The second-order valence-electron chi connectivity index (χ2n) is 6.72. The summed E-state index contributed by atoms with van der Waals surface area (Å²) in [7, 11) is 0. The van der Waals surface area contributed by atoms with Crippen molar-refractivity contribution in [1.29, 1.82) is 0 Å². The largest absolute Gasteiger partial charge is 0.481 e. The van der Waals surface area contributed by atoms with E-state index in [4.69, 9.17) is 4.74 Å². The second kappa shape index (κ2) is 8.18. The average Bonchev–Trinajstić information content (AvgIpc) is 2.88. The zero-order chi connectivity index (χ0) is 16.8. The van der Waals surface area contributed by atoms with Gasteiger partial charge in [-0.1, -0.05) is 62.9 Å². The van der Waals surface area contributed by atoms with E-state index in [1.807, 2.05) is 37.3 Å². The number of hydrogen-bond donors (Lipinski definition) is 1. The number of carbonyl (C=O) groups is 1. The normalized spacial score (nSPS) is 17.2. The first kappa shape index (κ1) is 16.8. The molecule has 0 aliphatic heterocycles. The Balaban J connectivity index is 1.64. The summed E-state index contributed by atoms with van der Waals surface area (Å²) in [5.41, 5.74) is 0. The van der Waals surface area contributed by atoms with Crippen LogP contribution in [0.3, 0.4) is 0 Å². The lowest BCUT2D eigenvalue weighted by atomic mass is 10.1. The fourth-order valence-corrected chi connectivity index (χ4v) is 3.45. The van der Waals surface area contributed by atoms with E-state index < -0.39 is 6.10 Å². The minimum absolute atomic E-state index is 0.0255. The number of hydrogen-bond acceptors (Lipinski definition) is 2. The van der Waals surface area contributed by atoms with E-state index in [0.29, 0.717) is 12.5 Å². The number of amides is 1. The van der Waals surface area contributed by atoms with E-state index in [2.05, 4.69) is 17.4 Å². The molecule has 0 aromatic heterocycles. The Morgan fingerprint density at radius 3 is 2.50 bits per heavy atom. The van der Waals surface area contributed by atoms with E-state index in [1.54, 1.807) is 0 Å². The van der Waals surface area contributed by atoms with E-state index in [0.717, 1.165) is 24.0 Å². The van der Waals surface area contributed by atoms with Crippen molar-refractivity contribution in [3.63, 3.8) is 0 Å². The van der Waals surface area contributed by atoms with E-state index in [-0.39, 0.29) is 5.91 Å². The first-order valence-corrected chi connectivity index (χ1v) is 9.22. The predicted molar refractivity (Wildman–Crippen MR) is 98.3 cm³/mol. The molecule has 1 aliphatic rings. The molecule has 1 saturated carbocycles. The maximum atomic E-state index is 12.6. The van der Waals surface area contributed by atoms with Crippen LogP contribution in [-0.2, 0) is 4.79 Å². The number of benzene rings is 2. The number of nitrogens with one attached hydrogen (secondary N) is 1. The summed E-state index contributed by atoms with van der Waals surface area (Å²) in [6.07, 6.45) is 7.45.